The van der Waals surface area contributed by atoms with E-state index in [4.69, 9.17) is 0 Å². The highest BCUT2D eigenvalue weighted by molar-refractivity contribution is 6.08. The van der Waals surface area contributed by atoms with Crippen LogP contribution >= 0.6 is 0 Å². The molecule has 2 aromatic heterocycles. The van der Waals surface area contributed by atoms with Gasteiger partial charge in [-0.15, -0.1) is 0 Å². The van der Waals surface area contributed by atoms with Crippen LogP contribution in [-0.4, -0.2) is 20.7 Å². The lowest BCUT2D eigenvalue weighted by Gasteiger charge is -2.06. The molecule has 2 heterocycles. The highest BCUT2D eigenvalue weighted by atomic mass is 19.2. The molecule has 28 heavy (non-hydrogen) atoms. The predicted molar refractivity (Wildman–Crippen MR) is 101 cm³/mol. The summed E-state index contributed by atoms with van der Waals surface area (Å²) in [6.07, 6.45) is 4.82. The number of hydrogen-bond donors (Lipinski definition) is 1. The van der Waals surface area contributed by atoms with E-state index in [0.29, 0.717) is 11.3 Å². The molecule has 7 heteroatoms. The Bertz CT molecular complexity index is 1130. The van der Waals surface area contributed by atoms with Crippen LogP contribution in [0.15, 0.2) is 79.3 Å². The second-order valence-electron chi connectivity index (χ2n) is 6.00. The first kappa shape index (κ1) is 17.5. The van der Waals surface area contributed by atoms with Gasteiger partial charge in [0.2, 0.25) is 0 Å². The second kappa shape index (κ2) is 7.40. The van der Waals surface area contributed by atoms with Gasteiger partial charge >= 0.3 is 0 Å². The summed E-state index contributed by atoms with van der Waals surface area (Å²) < 4.78 is 28.2. The van der Waals surface area contributed by atoms with Gasteiger partial charge in [0.05, 0.1) is 11.3 Å². The quantitative estimate of drug-likeness (QED) is 0.572. The smallest absolute Gasteiger partial charge is 0.259 e. The van der Waals surface area contributed by atoms with Crippen molar-refractivity contribution < 1.29 is 13.6 Å². The number of aromatic nitrogens is 3. The Morgan fingerprint density at radius 1 is 0.964 bits per heavy atom. The summed E-state index contributed by atoms with van der Waals surface area (Å²) in [5.41, 5.74) is 2.29. The fourth-order valence-electron chi connectivity index (χ4n) is 2.74. The van der Waals surface area contributed by atoms with E-state index in [1.54, 1.807) is 35.4 Å². The third kappa shape index (κ3) is 3.50. The average molecular weight is 376 g/mol. The standard InChI is InChI=1S/C21H14F2N4O/c22-18-9-8-15(11-19(18)23)25-21(28)17-13-27(16-6-2-1-3-7-16)26-20(17)14-5-4-10-24-12-14/h1-13H,(H,25,28). The largest absolute Gasteiger partial charge is 0.322 e. The summed E-state index contributed by atoms with van der Waals surface area (Å²) in [6, 6.07) is 16.0. The van der Waals surface area contributed by atoms with Gasteiger partial charge in [0, 0.05) is 35.9 Å². The van der Waals surface area contributed by atoms with Gasteiger partial charge in [-0.3, -0.25) is 9.78 Å². The Hall–Kier alpha value is -3.87. The first-order valence-electron chi connectivity index (χ1n) is 8.44. The first-order chi connectivity index (χ1) is 13.6. The van der Waals surface area contributed by atoms with Crippen LogP contribution in [0.4, 0.5) is 14.5 Å². The molecule has 2 aromatic carbocycles. The summed E-state index contributed by atoms with van der Waals surface area (Å²) in [5.74, 6) is -2.51. The van der Waals surface area contributed by atoms with Crippen molar-refractivity contribution in [2.75, 3.05) is 5.32 Å². The van der Waals surface area contributed by atoms with Crippen LogP contribution in [0.5, 0.6) is 0 Å². The van der Waals surface area contributed by atoms with Crippen molar-refractivity contribution in [3.8, 4) is 16.9 Å². The van der Waals surface area contributed by atoms with Crippen LogP contribution < -0.4 is 5.32 Å². The molecule has 138 valence electrons. The molecule has 0 aliphatic carbocycles. The lowest BCUT2D eigenvalue weighted by Crippen LogP contribution is -2.12. The lowest BCUT2D eigenvalue weighted by molar-refractivity contribution is 0.102. The summed E-state index contributed by atoms with van der Waals surface area (Å²) in [7, 11) is 0. The van der Waals surface area contributed by atoms with E-state index in [1.807, 2.05) is 30.3 Å². The molecule has 0 spiro atoms. The number of para-hydroxylation sites is 1. The highest BCUT2D eigenvalue weighted by Crippen LogP contribution is 2.24. The minimum absolute atomic E-state index is 0.147. The lowest BCUT2D eigenvalue weighted by atomic mass is 10.1. The van der Waals surface area contributed by atoms with E-state index < -0.39 is 17.5 Å². The number of hydrogen-bond acceptors (Lipinski definition) is 3. The van der Waals surface area contributed by atoms with Crippen molar-refractivity contribution in [1.82, 2.24) is 14.8 Å². The zero-order valence-electron chi connectivity index (χ0n) is 14.5. The van der Waals surface area contributed by atoms with Crippen LogP contribution in [0.2, 0.25) is 0 Å². The Kier molecular flexibility index (Phi) is 4.63. The molecule has 0 fully saturated rings. The molecule has 0 unspecified atom stereocenters. The number of anilines is 1. The fourth-order valence-corrected chi connectivity index (χ4v) is 2.74. The first-order valence-corrected chi connectivity index (χ1v) is 8.44. The van der Waals surface area contributed by atoms with E-state index in [0.717, 1.165) is 17.8 Å². The van der Waals surface area contributed by atoms with E-state index in [2.05, 4.69) is 15.4 Å². The van der Waals surface area contributed by atoms with Crippen LogP contribution in [0.25, 0.3) is 16.9 Å². The normalized spacial score (nSPS) is 10.6. The maximum atomic E-state index is 13.5. The molecule has 0 radical (unpaired) electrons. The van der Waals surface area contributed by atoms with Crippen molar-refractivity contribution >= 4 is 11.6 Å². The predicted octanol–water partition coefficient (Wildman–Crippen LogP) is 4.46. The monoisotopic (exact) mass is 376 g/mol. The maximum Gasteiger partial charge on any atom is 0.259 e. The molecule has 0 bridgehead atoms. The Labute approximate surface area is 159 Å². The minimum Gasteiger partial charge on any atom is -0.322 e. The van der Waals surface area contributed by atoms with Gasteiger partial charge in [0.15, 0.2) is 11.6 Å². The fraction of sp³-hybridized carbons (Fsp3) is 0. The number of nitrogens with one attached hydrogen (secondary N) is 1. The average Bonchev–Trinajstić information content (AvgIpc) is 3.18. The molecular weight excluding hydrogens is 362 g/mol. The Balaban J connectivity index is 1.75. The number of halogens is 2. The van der Waals surface area contributed by atoms with Crippen LogP contribution in [0, 0.1) is 11.6 Å². The molecule has 1 amide bonds. The highest BCUT2D eigenvalue weighted by Gasteiger charge is 2.19. The van der Waals surface area contributed by atoms with Crippen LogP contribution in [-0.2, 0) is 0 Å². The van der Waals surface area contributed by atoms with Crippen molar-refractivity contribution in [3.05, 3.63) is 96.5 Å². The van der Waals surface area contributed by atoms with E-state index in [1.165, 1.54) is 6.07 Å². The van der Waals surface area contributed by atoms with Gasteiger partial charge in [0.1, 0.15) is 5.69 Å². The SMILES string of the molecule is O=C(Nc1ccc(F)c(F)c1)c1cn(-c2ccccc2)nc1-c1cccnc1. The Morgan fingerprint density at radius 3 is 2.50 bits per heavy atom. The van der Waals surface area contributed by atoms with E-state index in [9.17, 15) is 13.6 Å². The van der Waals surface area contributed by atoms with Gasteiger partial charge in [0.25, 0.3) is 5.91 Å². The molecule has 4 rings (SSSR count). The number of rotatable bonds is 4. The molecule has 0 saturated carbocycles. The topological polar surface area (TPSA) is 59.8 Å². The summed E-state index contributed by atoms with van der Waals surface area (Å²) in [6.45, 7) is 0. The van der Waals surface area contributed by atoms with Gasteiger partial charge < -0.3 is 5.32 Å². The third-order valence-corrected chi connectivity index (χ3v) is 4.09. The van der Waals surface area contributed by atoms with Crippen LogP contribution in [0.3, 0.4) is 0 Å². The number of amides is 1. The van der Waals surface area contributed by atoms with Crippen molar-refractivity contribution in [1.29, 1.82) is 0 Å². The minimum atomic E-state index is -1.04. The summed E-state index contributed by atoms with van der Waals surface area (Å²) in [5, 5.41) is 7.11. The molecule has 1 N–H and O–H groups in total. The molecule has 5 nitrogen and oxygen atoms in total. The van der Waals surface area contributed by atoms with Crippen molar-refractivity contribution in [2.24, 2.45) is 0 Å². The number of carbonyl (C=O) groups is 1. The zero-order chi connectivity index (χ0) is 19.5. The second-order valence-corrected chi connectivity index (χ2v) is 6.00. The van der Waals surface area contributed by atoms with E-state index >= 15 is 0 Å². The van der Waals surface area contributed by atoms with E-state index in [-0.39, 0.29) is 11.3 Å². The molecule has 0 atom stereocenters. The number of carbonyl (C=O) groups excluding carboxylic acids is 1. The zero-order valence-corrected chi connectivity index (χ0v) is 14.5. The van der Waals surface area contributed by atoms with Crippen LogP contribution in [0.1, 0.15) is 10.4 Å². The number of pyridine rings is 1. The molecule has 4 aromatic rings. The van der Waals surface area contributed by atoms with Gasteiger partial charge in [-0.25, -0.2) is 13.5 Å². The number of benzene rings is 2. The molecule has 0 aliphatic rings. The molecular formula is C21H14F2N4O. The maximum absolute atomic E-state index is 13.5. The Morgan fingerprint density at radius 2 is 1.79 bits per heavy atom. The van der Waals surface area contributed by atoms with Gasteiger partial charge in [-0.1, -0.05) is 18.2 Å². The summed E-state index contributed by atoms with van der Waals surface area (Å²) in [4.78, 5) is 16.9. The van der Waals surface area contributed by atoms with Gasteiger partial charge in [-0.05, 0) is 36.4 Å². The third-order valence-electron chi connectivity index (χ3n) is 4.09. The molecule has 0 aliphatic heterocycles. The number of nitrogens with zero attached hydrogens (tertiary/aromatic N) is 3. The van der Waals surface area contributed by atoms with Crippen molar-refractivity contribution in [2.45, 2.75) is 0 Å². The van der Waals surface area contributed by atoms with Crippen molar-refractivity contribution in [3.63, 3.8) is 0 Å². The van der Waals surface area contributed by atoms with Gasteiger partial charge in [-0.2, -0.15) is 5.10 Å². The summed E-state index contributed by atoms with van der Waals surface area (Å²) >= 11 is 0. The molecule has 0 saturated heterocycles.